The first-order chi connectivity index (χ1) is 9.19. The molecule has 0 aliphatic rings. The number of hydrogen-bond donors (Lipinski definition) is 2. The smallest absolute Gasteiger partial charge is 0.191 e. The number of nitrogens with one attached hydrogen (secondary N) is 2. The summed E-state index contributed by atoms with van der Waals surface area (Å²) in [7, 11) is 0. The number of hydrogen-bond acceptors (Lipinski definition) is 5. The molecule has 0 radical (unpaired) electrons. The highest BCUT2D eigenvalue weighted by molar-refractivity contribution is 7.98. The summed E-state index contributed by atoms with van der Waals surface area (Å²) in [6.07, 6.45) is 6.75. The summed E-state index contributed by atoms with van der Waals surface area (Å²) < 4.78 is 0. The first-order valence-corrected chi connectivity index (χ1v) is 8.35. The van der Waals surface area contributed by atoms with Crippen LogP contribution >= 0.6 is 11.8 Å². The highest BCUT2D eigenvalue weighted by atomic mass is 32.2. The van der Waals surface area contributed by atoms with Crippen LogP contribution < -0.4 is 10.6 Å². The number of aromatic nitrogens is 2. The highest BCUT2D eigenvalue weighted by Gasteiger charge is 2.07. The molecule has 1 aromatic rings. The Labute approximate surface area is 121 Å². The van der Waals surface area contributed by atoms with Gasteiger partial charge in [0.25, 0.3) is 0 Å². The molecule has 2 N–H and O–H groups in total. The normalized spacial score (nSPS) is 12.2. The lowest BCUT2D eigenvalue weighted by atomic mass is 10.1. The summed E-state index contributed by atoms with van der Waals surface area (Å²) in [5.41, 5.74) is 0. The molecule has 0 saturated carbocycles. The Balaban J connectivity index is 2.69. The quantitative estimate of drug-likeness (QED) is 0.529. The third-order valence-corrected chi connectivity index (χ3v) is 3.38. The molecule has 1 unspecified atom stereocenters. The van der Waals surface area contributed by atoms with E-state index in [0.717, 1.165) is 29.8 Å². The van der Waals surface area contributed by atoms with E-state index in [0.29, 0.717) is 6.04 Å². The van der Waals surface area contributed by atoms with E-state index in [1.807, 2.05) is 12.3 Å². The zero-order chi connectivity index (χ0) is 14.1. The van der Waals surface area contributed by atoms with Crippen LogP contribution in [-0.4, -0.2) is 28.8 Å². The first-order valence-electron chi connectivity index (χ1n) is 7.13. The van der Waals surface area contributed by atoms with Crippen LogP contribution in [0.25, 0.3) is 0 Å². The van der Waals surface area contributed by atoms with Gasteiger partial charge in [0.05, 0.1) is 0 Å². The van der Waals surface area contributed by atoms with Crippen LogP contribution in [0, 0.1) is 0 Å². The van der Waals surface area contributed by atoms with Crippen molar-refractivity contribution in [2.24, 2.45) is 0 Å². The predicted octanol–water partition coefficient (Wildman–Crippen LogP) is 4.01. The summed E-state index contributed by atoms with van der Waals surface area (Å²) in [5.74, 6) is 1.83. The van der Waals surface area contributed by atoms with E-state index in [2.05, 4.69) is 41.4 Å². The molecule has 4 nitrogen and oxygen atoms in total. The predicted molar refractivity (Wildman–Crippen MR) is 85.2 cm³/mol. The van der Waals surface area contributed by atoms with Crippen LogP contribution in [0.15, 0.2) is 11.2 Å². The summed E-state index contributed by atoms with van der Waals surface area (Å²) in [4.78, 5) is 8.97. The van der Waals surface area contributed by atoms with Crippen molar-refractivity contribution < 1.29 is 0 Å². The molecule has 1 heterocycles. The van der Waals surface area contributed by atoms with Gasteiger partial charge in [0.2, 0.25) is 0 Å². The summed E-state index contributed by atoms with van der Waals surface area (Å²) in [6.45, 7) is 7.51. The molecular formula is C14H26N4S. The van der Waals surface area contributed by atoms with Gasteiger partial charge in [-0.25, -0.2) is 9.97 Å². The summed E-state index contributed by atoms with van der Waals surface area (Å²) in [6, 6.07) is 2.45. The minimum atomic E-state index is 0.448. The van der Waals surface area contributed by atoms with Gasteiger partial charge in [-0.15, -0.1) is 0 Å². The number of anilines is 2. The molecule has 0 aromatic carbocycles. The van der Waals surface area contributed by atoms with Crippen molar-refractivity contribution in [3.63, 3.8) is 0 Å². The number of thioether (sulfide) groups is 1. The molecule has 19 heavy (non-hydrogen) atoms. The molecule has 0 fully saturated rings. The standard InChI is InChI=1S/C14H26N4S/c1-5-7-8-11(3)16-13-10-12(15-9-6-2)17-14(18-13)19-4/h10-11H,5-9H2,1-4H3,(H2,15,16,17,18). The average Bonchev–Trinajstić information content (AvgIpc) is 2.42. The van der Waals surface area contributed by atoms with Gasteiger partial charge in [-0.05, 0) is 26.0 Å². The fourth-order valence-electron chi connectivity index (χ4n) is 1.77. The fourth-order valence-corrected chi connectivity index (χ4v) is 2.15. The molecule has 0 aliphatic heterocycles. The SMILES string of the molecule is CCCCC(C)Nc1cc(NCCC)nc(SC)n1. The van der Waals surface area contributed by atoms with E-state index in [1.165, 1.54) is 19.3 Å². The van der Waals surface area contributed by atoms with Crippen LogP contribution in [0.4, 0.5) is 11.6 Å². The van der Waals surface area contributed by atoms with Gasteiger partial charge >= 0.3 is 0 Å². The molecule has 0 amide bonds. The average molecular weight is 282 g/mol. The van der Waals surface area contributed by atoms with Gasteiger partial charge in [-0.1, -0.05) is 38.5 Å². The third-order valence-electron chi connectivity index (χ3n) is 2.83. The topological polar surface area (TPSA) is 49.8 Å². The van der Waals surface area contributed by atoms with Crippen LogP contribution in [0.3, 0.4) is 0 Å². The lowest BCUT2D eigenvalue weighted by Crippen LogP contribution is -2.16. The van der Waals surface area contributed by atoms with Crippen molar-refractivity contribution in [2.45, 2.75) is 57.7 Å². The highest BCUT2D eigenvalue weighted by Crippen LogP contribution is 2.18. The maximum atomic E-state index is 4.51. The monoisotopic (exact) mass is 282 g/mol. The van der Waals surface area contributed by atoms with E-state index >= 15 is 0 Å². The van der Waals surface area contributed by atoms with Crippen molar-refractivity contribution in [1.29, 1.82) is 0 Å². The largest absolute Gasteiger partial charge is 0.370 e. The van der Waals surface area contributed by atoms with Crippen LogP contribution in [-0.2, 0) is 0 Å². The third kappa shape index (κ3) is 6.14. The zero-order valence-electron chi connectivity index (χ0n) is 12.5. The molecular weight excluding hydrogens is 256 g/mol. The van der Waals surface area contributed by atoms with Crippen LogP contribution in [0.1, 0.15) is 46.5 Å². The Bertz CT molecular complexity index is 370. The van der Waals surface area contributed by atoms with Crippen LogP contribution in [0.5, 0.6) is 0 Å². The number of unbranched alkanes of at least 4 members (excludes halogenated alkanes) is 1. The van der Waals surface area contributed by atoms with Crippen molar-refractivity contribution in [3.8, 4) is 0 Å². The first kappa shape index (κ1) is 16.1. The Kier molecular flexibility index (Phi) is 7.63. The number of nitrogens with zero attached hydrogens (tertiary/aromatic N) is 2. The molecule has 1 atom stereocenters. The van der Waals surface area contributed by atoms with Gasteiger partial charge in [0.15, 0.2) is 5.16 Å². The Morgan fingerprint density at radius 2 is 1.95 bits per heavy atom. The molecule has 0 aliphatic carbocycles. The molecule has 1 rings (SSSR count). The second-order valence-corrected chi connectivity index (χ2v) is 5.51. The van der Waals surface area contributed by atoms with Crippen molar-refractivity contribution in [1.82, 2.24) is 9.97 Å². The van der Waals surface area contributed by atoms with Gasteiger partial charge in [-0.3, -0.25) is 0 Å². The van der Waals surface area contributed by atoms with E-state index in [9.17, 15) is 0 Å². The molecule has 108 valence electrons. The Hall–Kier alpha value is -0.970. The minimum absolute atomic E-state index is 0.448. The lowest BCUT2D eigenvalue weighted by molar-refractivity contribution is 0.642. The molecule has 5 heteroatoms. The Morgan fingerprint density at radius 1 is 1.21 bits per heavy atom. The summed E-state index contributed by atoms with van der Waals surface area (Å²) >= 11 is 1.57. The van der Waals surface area contributed by atoms with Crippen LogP contribution in [0.2, 0.25) is 0 Å². The van der Waals surface area contributed by atoms with E-state index in [4.69, 9.17) is 0 Å². The fraction of sp³-hybridized carbons (Fsp3) is 0.714. The Morgan fingerprint density at radius 3 is 2.58 bits per heavy atom. The second kappa shape index (κ2) is 9.02. The maximum absolute atomic E-state index is 4.51. The molecule has 1 aromatic heterocycles. The maximum Gasteiger partial charge on any atom is 0.191 e. The van der Waals surface area contributed by atoms with E-state index in [-0.39, 0.29) is 0 Å². The number of rotatable bonds is 9. The van der Waals surface area contributed by atoms with Gasteiger partial charge < -0.3 is 10.6 Å². The lowest BCUT2D eigenvalue weighted by Gasteiger charge is -2.15. The van der Waals surface area contributed by atoms with Gasteiger partial charge in [0.1, 0.15) is 11.6 Å². The molecule has 0 saturated heterocycles. The van der Waals surface area contributed by atoms with E-state index in [1.54, 1.807) is 11.8 Å². The van der Waals surface area contributed by atoms with Gasteiger partial charge in [0, 0.05) is 18.7 Å². The van der Waals surface area contributed by atoms with Crippen molar-refractivity contribution in [2.75, 3.05) is 23.4 Å². The van der Waals surface area contributed by atoms with Gasteiger partial charge in [-0.2, -0.15) is 0 Å². The zero-order valence-corrected chi connectivity index (χ0v) is 13.3. The minimum Gasteiger partial charge on any atom is -0.370 e. The van der Waals surface area contributed by atoms with Crippen molar-refractivity contribution >= 4 is 23.4 Å². The summed E-state index contributed by atoms with van der Waals surface area (Å²) in [5, 5.41) is 7.60. The van der Waals surface area contributed by atoms with Crippen molar-refractivity contribution in [3.05, 3.63) is 6.07 Å². The van der Waals surface area contributed by atoms with E-state index < -0.39 is 0 Å². The molecule has 0 spiro atoms. The second-order valence-electron chi connectivity index (χ2n) is 4.74. The molecule has 0 bridgehead atoms.